The summed E-state index contributed by atoms with van der Waals surface area (Å²) in [5.41, 5.74) is 6.30. The number of amidine groups is 1. The van der Waals surface area contributed by atoms with E-state index in [1.54, 1.807) is 30.3 Å². The van der Waals surface area contributed by atoms with Crippen molar-refractivity contribution in [2.24, 2.45) is 5.73 Å². The van der Waals surface area contributed by atoms with Crippen LogP contribution in [0.4, 0.5) is 5.69 Å². The summed E-state index contributed by atoms with van der Waals surface area (Å²) in [5.74, 6) is -0.650. The second kappa shape index (κ2) is 7.56. The number of nitrogen functional groups attached to an aromatic ring is 1. The Morgan fingerprint density at radius 3 is 2.44 bits per heavy atom. The van der Waals surface area contributed by atoms with E-state index >= 15 is 0 Å². The van der Waals surface area contributed by atoms with Crippen LogP contribution in [-0.4, -0.2) is 26.7 Å². The van der Waals surface area contributed by atoms with Crippen LogP contribution < -0.4 is 15.8 Å². The molecular weight excluding hydrogens is 364 g/mol. The van der Waals surface area contributed by atoms with Crippen LogP contribution in [0.25, 0.3) is 10.8 Å². The quantitative estimate of drug-likeness (QED) is 0.384. The third-order valence-corrected chi connectivity index (χ3v) is 5.31. The third kappa shape index (κ3) is 4.49. The Balaban J connectivity index is 1.68. The number of nitrogens with two attached hydrogens (primary N) is 1. The van der Waals surface area contributed by atoms with Gasteiger partial charge in [0.1, 0.15) is 5.84 Å². The Labute approximate surface area is 156 Å². The van der Waals surface area contributed by atoms with Crippen molar-refractivity contribution in [3.05, 3.63) is 72.3 Å². The zero-order valence-electron chi connectivity index (χ0n) is 14.3. The maximum atomic E-state index is 12.4. The number of amides is 1. The summed E-state index contributed by atoms with van der Waals surface area (Å²) in [6.45, 7) is -0.417. The number of benzene rings is 3. The molecule has 0 heterocycles. The lowest BCUT2D eigenvalue weighted by Gasteiger charge is -2.09. The van der Waals surface area contributed by atoms with Gasteiger partial charge in [-0.1, -0.05) is 42.5 Å². The molecule has 138 valence electrons. The number of hydrogen-bond acceptors (Lipinski definition) is 4. The van der Waals surface area contributed by atoms with Gasteiger partial charge in [0.25, 0.3) is 0 Å². The summed E-state index contributed by atoms with van der Waals surface area (Å²) in [4.78, 5) is 12.2. The number of nitrogens with one attached hydrogen (secondary N) is 3. The molecule has 1 amide bonds. The van der Waals surface area contributed by atoms with Crippen LogP contribution >= 0.6 is 0 Å². The number of anilines is 1. The first kappa shape index (κ1) is 18.6. The highest BCUT2D eigenvalue weighted by Gasteiger charge is 2.16. The fourth-order valence-corrected chi connectivity index (χ4v) is 3.57. The van der Waals surface area contributed by atoms with Crippen molar-refractivity contribution in [1.29, 1.82) is 5.41 Å². The van der Waals surface area contributed by atoms with E-state index in [-0.39, 0.29) is 10.7 Å². The number of carbonyl (C=O) groups is 1. The largest absolute Gasteiger partial charge is 0.384 e. The molecule has 0 bridgehead atoms. The van der Waals surface area contributed by atoms with Crippen molar-refractivity contribution in [1.82, 2.24) is 4.72 Å². The average Bonchev–Trinajstić information content (AvgIpc) is 2.66. The van der Waals surface area contributed by atoms with E-state index in [2.05, 4.69) is 10.0 Å². The maximum absolute atomic E-state index is 12.4. The van der Waals surface area contributed by atoms with E-state index in [0.29, 0.717) is 11.3 Å². The summed E-state index contributed by atoms with van der Waals surface area (Å²) >= 11 is 0. The number of hydrogen-bond donors (Lipinski definition) is 4. The predicted molar refractivity (Wildman–Crippen MR) is 105 cm³/mol. The molecule has 0 aromatic heterocycles. The van der Waals surface area contributed by atoms with E-state index in [0.717, 1.165) is 10.8 Å². The van der Waals surface area contributed by atoms with Gasteiger partial charge >= 0.3 is 0 Å². The molecule has 27 heavy (non-hydrogen) atoms. The molecule has 3 aromatic carbocycles. The smallest absolute Gasteiger partial charge is 0.241 e. The van der Waals surface area contributed by atoms with Gasteiger partial charge in [0.2, 0.25) is 15.9 Å². The van der Waals surface area contributed by atoms with Gasteiger partial charge in [0, 0.05) is 11.3 Å². The molecule has 0 saturated carbocycles. The van der Waals surface area contributed by atoms with Crippen molar-refractivity contribution >= 4 is 38.2 Å². The lowest BCUT2D eigenvalue weighted by molar-refractivity contribution is -0.115. The molecule has 0 unspecified atom stereocenters. The first-order valence-electron chi connectivity index (χ1n) is 8.08. The van der Waals surface area contributed by atoms with Crippen molar-refractivity contribution in [3.63, 3.8) is 0 Å². The molecule has 3 aromatic rings. The van der Waals surface area contributed by atoms with Crippen LogP contribution in [0.15, 0.2) is 71.6 Å². The van der Waals surface area contributed by atoms with Crippen LogP contribution in [-0.2, 0) is 14.8 Å². The fourth-order valence-electron chi connectivity index (χ4n) is 2.55. The van der Waals surface area contributed by atoms with Crippen LogP contribution in [0.2, 0.25) is 0 Å². The predicted octanol–water partition coefficient (Wildman–Crippen LogP) is 2.04. The summed E-state index contributed by atoms with van der Waals surface area (Å²) in [7, 11) is -3.83. The highest BCUT2D eigenvalue weighted by Crippen LogP contribution is 2.18. The van der Waals surface area contributed by atoms with Crippen molar-refractivity contribution < 1.29 is 13.2 Å². The molecule has 0 saturated heterocycles. The van der Waals surface area contributed by atoms with Crippen molar-refractivity contribution in [2.45, 2.75) is 4.90 Å². The van der Waals surface area contributed by atoms with E-state index in [9.17, 15) is 13.2 Å². The van der Waals surface area contributed by atoms with Gasteiger partial charge in [-0.25, -0.2) is 13.1 Å². The van der Waals surface area contributed by atoms with Gasteiger partial charge in [0.15, 0.2) is 0 Å². The van der Waals surface area contributed by atoms with Crippen LogP contribution in [0, 0.1) is 5.41 Å². The lowest BCUT2D eigenvalue weighted by atomic mass is 10.1. The molecule has 7 nitrogen and oxygen atoms in total. The monoisotopic (exact) mass is 382 g/mol. The molecule has 0 fully saturated rings. The Hall–Kier alpha value is -3.23. The Bertz CT molecular complexity index is 1130. The second-order valence-corrected chi connectivity index (χ2v) is 7.64. The topological polar surface area (TPSA) is 125 Å². The molecule has 0 aliphatic rings. The Morgan fingerprint density at radius 2 is 1.70 bits per heavy atom. The lowest BCUT2D eigenvalue weighted by Crippen LogP contribution is -2.33. The van der Waals surface area contributed by atoms with E-state index < -0.39 is 22.5 Å². The number of sulfonamides is 1. The summed E-state index contributed by atoms with van der Waals surface area (Å²) in [5, 5.41) is 11.7. The van der Waals surface area contributed by atoms with Gasteiger partial charge < -0.3 is 11.1 Å². The van der Waals surface area contributed by atoms with Crippen molar-refractivity contribution in [3.8, 4) is 0 Å². The minimum atomic E-state index is -3.83. The zero-order valence-corrected chi connectivity index (χ0v) is 15.1. The molecule has 8 heteroatoms. The first-order valence-corrected chi connectivity index (χ1v) is 9.56. The minimum absolute atomic E-state index is 0.0903. The second-order valence-electron chi connectivity index (χ2n) is 5.88. The van der Waals surface area contributed by atoms with Gasteiger partial charge in [-0.15, -0.1) is 0 Å². The molecular formula is C19H18N4O3S. The van der Waals surface area contributed by atoms with Crippen molar-refractivity contribution in [2.75, 3.05) is 11.9 Å². The number of carbonyl (C=O) groups excluding carboxylic acids is 1. The van der Waals surface area contributed by atoms with Crippen LogP contribution in [0.3, 0.4) is 0 Å². The standard InChI is InChI=1S/C19H18N4O3S/c20-19(21)15-6-3-7-16(10-15)23-18(24)12-22-27(25,26)17-9-8-13-4-1-2-5-14(13)11-17/h1-11,22H,12H2,(H3,20,21)(H,23,24). The van der Waals surface area contributed by atoms with Crippen LogP contribution in [0.1, 0.15) is 5.56 Å². The summed E-state index contributed by atoms with van der Waals surface area (Å²) in [6.07, 6.45) is 0. The highest BCUT2D eigenvalue weighted by molar-refractivity contribution is 7.89. The van der Waals surface area contributed by atoms with E-state index in [1.807, 2.05) is 24.3 Å². The zero-order chi connectivity index (χ0) is 19.4. The molecule has 3 rings (SSSR count). The number of fused-ring (bicyclic) bond motifs is 1. The molecule has 0 radical (unpaired) electrons. The summed E-state index contributed by atoms with van der Waals surface area (Å²) in [6, 6.07) is 18.6. The molecule has 5 N–H and O–H groups in total. The van der Waals surface area contributed by atoms with Gasteiger partial charge in [-0.3, -0.25) is 10.2 Å². The van der Waals surface area contributed by atoms with E-state index in [1.165, 1.54) is 12.1 Å². The summed E-state index contributed by atoms with van der Waals surface area (Å²) < 4.78 is 27.2. The third-order valence-electron chi connectivity index (χ3n) is 3.91. The first-order chi connectivity index (χ1) is 12.8. The maximum Gasteiger partial charge on any atom is 0.241 e. The Kier molecular flexibility index (Phi) is 5.20. The fraction of sp³-hybridized carbons (Fsp3) is 0.0526. The molecule has 0 atom stereocenters. The van der Waals surface area contributed by atoms with Gasteiger partial charge in [-0.2, -0.15) is 0 Å². The molecule has 0 aliphatic carbocycles. The SMILES string of the molecule is N=C(N)c1cccc(NC(=O)CNS(=O)(=O)c2ccc3ccccc3c2)c1. The number of rotatable bonds is 6. The van der Waals surface area contributed by atoms with Gasteiger partial charge in [0.05, 0.1) is 11.4 Å². The Morgan fingerprint density at radius 1 is 0.963 bits per heavy atom. The normalized spacial score (nSPS) is 11.3. The van der Waals surface area contributed by atoms with E-state index in [4.69, 9.17) is 11.1 Å². The molecule has 0 spiro atoms. The highest BCUT2D eigenvalue weighted by atomic mass is 32.2. The van der Waals surface area contributed by atoms with Crippen LogP contribution in [0.5, 0.6) is 0 Å². The minimum Gasteiger partial charge on any atom is -0.384 e. The van der Waals surface area contributed by atoms with Gasteiger partial charge in [-0.05, 0) is 35.0 Å². The molecule has 0 aliphatic heterocycles. The average molecular weight is 382 g/mol.